The second-order valence-electron chi connectivity index (χ2n) is 7.52. The molecular weight excluding hydrogens is 368 g/mol. The predicted molar refractivity (Wildman–Crippen MR) is 112 cm³/mol. The molecular formula is C23H28N2O4. The molecule has 1 heterocycles. The normalized spacial score (nSPS) is 14.9. The third kappa shape index (κ3) is 6.06. The van der Waals surface area contributed by atoms with Crippen molar-refractivity contribution in [3.05, 3.63) is 64.7 Å². The Kier molecular flexibility index (Phi) is 7.25. The van der Waals surface area contributed by atoms with Crippen LogP contribution in [0.1, 0.15) is 45.7 Å². The first-order chi connectivity index (χ1) is 14.0. The first kappa shape index (κ1) is 20.9. The smallest absolute Gasteiger partial charge is 0.251 e. The van der Waals surface area contributed by atoms with Crippen molar-refractivity contribution in [1.29, 1.82) is 0 Å². The lowest BCUT2D eigenvalue weighted by atomic mass is 9.99. The molecule has 2 N–H and O–H groups in total. The summed E-state index contributed by atoms with van der Waals surface area (Å²) in [5.41, 5.74) is 3.08. The zero-order valence-electron chi connectivity index (χ0n) is 17.0. The van der Waals surface area contributed by atoms with Gasteiger partial charge in [0.15, 0.2) is 0 Å². The van der Waals surface area contributed by atoms with Gasteiger partial charge in [0.25, 0.3) is 11.8 Å². The van der Waals surface area contributed by atoms with E-state index in [1.165, 1.54) is 0 Å². The highest BCUT2D eigenvalue weighted by Crippen LogP contribution is 2.24. The fourth-order valence-electron chi connectivity index (χ4n) is 3.09. The molecule has 154 valence electrons. The van der Waals surface area contributed by atoms with Crippen molar-refractivity contribution in [2.24, 2.45) is 5.92 Å². The van der Waals surface area contributed by atoms with Crippen LogP contribution in [0, 0.1) is 5.92 Å². The summed E-state index contributed by atoms with van der Waals surface area (Å²) >= 11 is 0. The fourth-order valence-corrected chi connectivity index (χ4v) is 3.09. The van der Waals surface area contributed by atoms with Crippen molar-refractivity contribution in [3.63, 3.8) is 0 Å². The van der Waals surface area contributed by atoms with Gasteiger partial charge in [0.05, 0.1) is 13.2 Å². The van der Waals surface area contributed by atoms with Crippen LogP contribution in [-0.4, -0.2) is 44.7 Å². The van der Waals surface area contributed by atoms with Gasteiger partial charge in [0, 0.05) is 30.6 Å². The third-order valence-electron chi connectivity index (χ3n) is 4.59. The number of rotatable bonds is 3. The summed E-state index contributed by atoms with van der Waals surface area (Å²) < 4.78 is 11.4. The molecule has 1 aliphatic rings. The number of benzene rings is 2. The summed E-state index contributed by atoms with van der Waals surface area (Å²) in [5.74, 6) is 0.887. The summed E-state index contributed by atoms with van der Waals surface area (Å²) in [6.07, 6.45) is 0.558. The molecule has 0 atom stereocenters. The molecule has 0 saturated heterocycles. The Labute approximate surface area is 171 Å². The quantitative estimate of drug-likeness (QED) is 0.837. The van der Waals surface area contributed by atoms with Crippen molar-refractivity contribution in [2.75, 3.05) is 32.9 Å². The van der Waals surface area contributed by atoms with Crippen molar-refractivity contribution >= 4 is 11.8 Å². The number of fused-ring (bicyclic) bond motifs is 3. The predicted octanol–water partition coefficient (Wildman–Crippen LogP) is 2.80. The molecule has 29 heavy (non-hydrogen) atoms. The molecule has 0 radical (unpaired) electrons. The maximum absolute atomic E-state index is 12.5. The monoisotopic (exact) mass is 396 g/mol. The highest BCUT2D eigenvalue weighted by atomic mass is 16.5. The standard InChI is InChI=1S/C23H28N2O4/c1-16(2)15-25-23(27)19-6-7-21-20(14-19)13-17-4-3-5-18(12-17)22(26)24-8-9-28-10-11-29-21/h3-7,12,14,16H,8-11,13,15H2,1-2H3,(H,24,26)(H,25,27). The van der Waals surface area contributed by atoms with Crippen molar-refractivity contribution in [3.8, 4) is 5.75 Å². The van der Waals surface area contributed by atoms with E-state index in [9.17, 15) is 9.59 Å². The van der Waals surface area contributed by atoms with E-state index in [2.05, 4.69) is 24.5 Å². The Morgan fingerprint density at radius 2 is 2.00 bits per heavy atom. The molecule has 2 aromatic rings. The molecule has 0 fully saturated rings. The van der Waals surface area contributed by atoms with Gasteiger partial charge in [0.1, 0.15) is 12.4 Å². The van der Waals surface area contributed by atoms with Crippen LogP contribution >= 0.6 is 0 Å². The number of carbonyl (C=O) groups is 2. The summed E-state index contributed by atoms with van der Waals surface area (Å²) in [7, 11) is 0. The summed E-state index contributed by atoms with van der Waals surface area (Å²) in [6, 6.07) is 13.0. The van der Waals surface area contributed by atoms with Gasteiger partial charge < -0.3 is 20.1 Å². The van der Waals surface area contributed by atoms with Gasteiger partial charge in [-0.2, -0.15) is 0 Å². The largest absolute Gasteiger partial charge is 0.491 e. The highest BCUT2D eigenvalue weighted by Gasteiger charge is 2.13. The van der Waals surface area contributed by atoms with Gasteiger partial charge in [-0.25, -0.2) is 0 Å². The molecule has 0 unspecified atom stereocenters. The van der Waals surface area contributed by atoms with E-state index >= 15 is 0 Å². The van der Waals surface area contributed by atoms with E-state index in [0.29, 0.717) is 56.4 Å². The number of carbonyl (C=O) groups excluding carboxylic acids is 2. The van der Waals surface area contributed by atoms with E-state index in [4.69, 9.17) is 9.47 Å². The summed E-state index contributed by atoms with van der Waals surface area (Å²) in [4.78, 5) is 24.8. The topological polar surface area (TPSA) is 76.7 Å². The van der Waals surface area contributed by atoms with Crippen LogP contribution in [0.25, 0.3) is 0 Å². The molecule has 2 amide bonds. The first-order valence-electron chi connectivity index (χ1n) is 10.0. The Morgan fingerprint density at radius 1 is 1.14 bits per heavy atom. The number of hydrogen-bond donors (Lipinski definition) is 2. The maximum atomic E-state index is 12.5. The molecule has 2 bridgehead atoms. The van der Waals surface area contributed by atoms with Crippen molar-refractivity contribution in [2.45, 2.75) is 20.3 Å². The minimum Gasteiger partial charge on any atom is -0.491 e. The van der Waals surface area contributed by atoms with Gasteiger partial charge in [-0.05, 0) is 47.4 Å². The average Bonchev–Trinajstić information content (AvgIpc) is 2.71. The van der Waals surface area contributed by atoms with Gasteiger partial charge in [-0.1, -0.05) is 26.0 Å². The lowest BCUT2D eigenvalue weighted by Crippen LogP contribution is -2.28. The van der Waals surface area contributed by atoms with Crippen LogP contribution in [0.3, 0.4) is 0 Å². The maximum Gasteiger partial charge on any atom is 0.251 e. The zero-order valence-corrected chi connectivity index (χ0v) is 17.0. The average molecular weight is 396 g/mol. The Hall–Kier alpha value is -2.86. The SMILES string of the molecule is CC(C)CNC(=O)c1ccc2c(c1)Cc1cccc(c1)C(=O)NCCOCCO2. The molecule has 0 aliphatic carbocycles. The Bertz CT molecular complexity index is 864. The molecule has 6 heteroatoms. The minimum absolute atomic E-state index is 0.0997. The van der Waals surface area contributed by atoms with Gasteiger partial charge in [0.2, 0.25) is 0 Å². The van der Waals surface area contributed by atoms with Gasteiger partial charge in [-0.3, -0.25) is 9.59 Å². The summed E-state index contributed by atoms with van der Waals surface area (Å²) in [5, 5.41) is 5.80. The van der Waals surface area contributed by atoms with Crippen molar-refractivity contribution < 1.29 is 19.1 Å². The van der Waals surface area contributed by atoms with E-state index in [1.54, 1.807) is 12.1 Å². The zero-order chi connectivity index (χ0) is 20.6. The number of ether oxygens (including phenoxy) is 2. The van der Waals surface area contributed by atoms with Crippen molar-refractivity contribution in [1.82, 2.24) is 10.6 Å². The number of nitrogens with one attached hydrogen (secondary N) is 2. The second-order valence-corrected chi connectivity index (χ2v) is 7.52. The third-order valence-corrected chi connectivity index (χ3v) is 4.59. The van der Waals surface area contributed by atoms with Crippen LogP contribution in [0.4, 0.5) is 0 Å². The molecule has 2 aromatic carbocycles. The first-order valence-corrected chi connectivity index (χ1v) is 10.0. The second kappa shape index (κ2) is 10.1. The van der Waals surface area contributed by atoms with Crippen LogP contribution in [0.5, 0.6) is 5.75 Å². The van der Waals surface area contributed by atoms with Crippen LogP contribution in [-0.2, 0) is 11.2 Å². The molecule has 0 spiro atoms. The number of hydrogen-bond acceptors (Lipinski definition) is 4. The molecule has 1 aliphatic heterocycles. The van der Waals surface area contributed by atoms with Crippen LogP contribution in [0.15, 0.2) is 42.5 Å². The lowest BCUT2D eigenvalue weighted by Gasteiger charge is -2.15. The minimum atomic E-state index is -0.120. The van der Waals surface area contributed by atoms with E-state index in [-0.39, 0.29) is 11.8 Å². The van der Waals surface area contributed by atoms with Crippen LogP contribution in [0.2, 0.25) is 0 Å². The highest BCUT2D eigenvalue weighted by molar-refractivity contribution is 5.95. The van der Waals surface area contributed by atoms with Gasteiger partial charge in [-0.15, -0.1) is 0 Å². The molecule has 3 rings (SSSR count). The van der Waals surface area contributed by atoms with Crippen LogP contribution < -0.4 is 15.4 Å². The number of amides is 2. The molecule has 6 nitrogen and oxygen atoms in total. The van der Waals surface area contributed by atoms with Gasteiger partial charge >= 0.3 is 0 Å². The summed E-state index contributed by atoms with van der Waals surface area (Å²) in [6.45, 7) is 6.45. The lowest BCUT2D eigenvalue weighted by molar-refractivity contribution is 0.0865. The molecule has 0 aromatic heterocycles. The fraction of sp³-hybridized carbons (Fsp3) is 0.391. The van der Waals surface area contributed by atoms with E-state index in [0.717, 1.165) is 16.9 Å². The molecule has 0 saturated carbocycles. The Morgan fingerprint density at radius 3 is 2.83 bits per heavy atom. The Balaban J connectivity index is 1.89. The van der Waals surface area contributed by atoms with E-state index < -0.39 is 0 Å². The van der Waals surface area contributed by atoms with E-state index in [1.807, 2.05) is 30.3 Å².